The molecule has 0 spiro atoms. The van der Waals surface area contributed by atoms with Crippen LogP contribution in [0.5, 0.6) is 0 Å². The summed E-state index contributed by atoms with van der Waals surface area (Å²) >= 11 is 5.89. The number of hydrogen-bond donors (Lipinski definition) is 1. The lowest BCUT2D eigenvalue weighted by atomic mass is 9.89. The third-order valence-corrected chi connectivity index (χ3v) is 3.90. The van der Waals surface area contributed by atoms with Gasteiger partial charge in [-0.3, -0.25) is 9.78 Å². The normalized spacial score (nSPS) is 12.9. The molecule has 0 aliphatic heterocycles. The van der Waals surface area contributed by atoms with E-state index >= 15 is 0 Å². The van der Waals surface area contributed by atoms with E-state index in [0.29, 0.717) is 11.4 Å². The summed E-state index contributed by atoms with van der Waals surface area (Å²) in [5, 5.41) is 0.642. The second kappa shape index (κ2) is 6.49. The predicted octanol–water partition coefficient (Wildman–Crippen LogP) is 3.84. The Morgan fingerprint density at radius 3 is 2.27 bits per heavy atom. The average molecular weight is 317 g/mol. The highest BCUT2D eigenvalue weighted by Gasteiger charge is 2.20. The second-order valence-electron chi connectivity index (χ2n) is 6.51. The molecule has 1 amide bonds. The van der Waals surface area contributed by atoms with Crippen molar-refractivity contribution in [1.82, 2.24) is 4.98 Å². The number of rotatable bonds is 4. The summed E-state index contributed by atoms with van der Waals surface area (Å²) in [7, 11) is 0. The first kappa shape index (κ1) is 16.5. The maximum absolute atomic E-state index is 11.8. The van der Waals surface area contributed by atoms with Crippen LogP contribution in [0.2, 0.25) is 5.02 Å². The maximum Gasteiger partial charge on any atom is 0.225 e. The number of carbonyl (C=O) groups is 1. The Hall–Kier alpha value is -1.87. The lowest BCUT2D eigenvalue weighted by Crippen LogP contribution is -2.23. The number of carbonyl (C=O) groups excluding carboxylic acids is 1. The fourth-order valence-corrected chi connectivity index (χ4v) is 2.43. The zero-order valence-corrected chi connectivity index (χ0v) is 13.9. The van der Waals surface area contributed by atoms with E-state index in [1.807, 2.05) is 30.5 Å². The molecule has 0 saturated carbocycles. The van der Waals surface area contributed by atoms with Gasteiger partial charge < -0.3 is 5.73 Å². The van der Waals surface area contributed by atoms with Gasteiger partial charge in [0.05, 0.1) is 5.92 Å². The number of amides is 1. The second-order valence-corrected chi connectivity index (χ2v) is 6.95. The highest BCUT2D eigenvalue weighted by atomic mass is 35.5. The van der Waals surface area contributed by atoms with Crippen LogP contribution in [0.1, 0.15) is 43.5 Å². The molecule has 0 fully saturated rings. The minimum atomic E-state index is -0.375. The largest absolute Gasteiger partial charge is 0.369 e. The molecule has 2 N–H and O–H groups in total. The van der Waals surface area contributed by atoms with Crippen molar-refractivity contribution in [2.45, 2.75) is 38.5 Å². The van der Waals surface area contributed by atoms with Crippen molar-refractivity contribution >= 4 is 17.5 Å². The van der Waals surface area contributed by atoms with Crippen molar-refractivity contribution in [3.63, 3.8) is 0 Å². The van der Waals surface area contributed by atoms with Gasteiger partial charge in [0, 0.05) is 22.3 Å². The van der Waals surface area contributed by atoms with Gasteiger partial charge in [0.15, 0.2) is 0 Å². The molecule has 22 heavy (non-hydrogen) atoms. The molecule has 0 aliphatic carbocycles. The Balaban J connectivity index is 2.21. The Labute approximate surface area is 136 Å². The van der Waals surface area contributed by atoms with Gasteiger partial charge in [-0.05, 0) is 35.7 Å². The van der Waals surface area contributed by atoms with Crippen LogP contribution >= 0.6 is 11.6 Å². The summed E-state index contributed by atoms with van der Waals surface area (Å²) in [4.78, 5) is 16.3. The predicted molar refractivity (Wildman–Crippen MR) is 90.0 cm³/mol. The fourth-order valence-electron chi connectivity index (χ4n) is 2.30. The standard InChI is InChI=1S/C18H21ClN2O/c1-18(2,3)16-9-4-12(11-21-16)10-15(17(20)22)13-5-7-14(19)8-6-13/h4-9,11,15H,10H2,1-3H3,(H2,20,22). The zero-order chi connectivity index (χ0) is 16.3. The lowest BCUT2D eigenvalue weighted by Gasteiger charge is -2.18. The third kappa shape index (κ3) is 4.08. The summed E-state index contributed by atoms with van der Waals surface area (Å²) in [6, 6.07) is 11.2. The molecule has 0 saturated heterocycles. The smallest absolute Gasteiger partial charge is 0.225 e. The Bertz CT molecular complexity index is 642. The number of halogens is 1. The molecular formula is C18H21ClN2O. The van der Waals surface area contributed by atoms with Crippen LogP contribution in [-0.4, -0.2) is 10.9 Å². The van der Waals surface area contributed by atoms with Crippen molar-refractivity contribution in [2.75, 3.05) is 0 Å². The lowest BCUT2D eigenvalue weighted by molar-refractivity contribution is -0.119. The molecule has 4 heteroatoms. The van der Waals surface area contributed by atoms with E-state index in [1.54, 1.807) is 12.1 Å². The van der Waals surface area contributed by atoms with E-state index in [2.05, 4.69) is 25.8 Å². The van der Waals surface area contributed by atoms with E-state index in [0.717, 1.165) is 16.8 Å². The minimum Gasteiger partial charge on any atom is -0.369 e. The zero-order valence-electron chi connectivity index (χ0n) is 13.1. The summed E-state index contributed by atoms with van der Waals surface area (Å²) < 4.78 is 0. The number of hydrogen-bond acceptors (Lipinski definition) is 2. The van der Waals surface area contributed by atoms with Gasteiger partial charge in [0.1, 0.15) is 0 Å². The van der Waals surface area contributed by atoms with Crippen LogP contribution in [0, 0.1) is 0 Å². The van der Waals surface area contributed by atoms with Crippen molar-refractivity contribution < 1.29 is 4.79 Å². The van der Waals surface area contributed by atoms with E-state index < -0.39 is 0 Å². The van der Waals surface area contributed by atoms with Crippen LogP contribution in [0.4, 0.5) is 0 Å². The Kier molecular flexibility index (Phi) is 4.87. The molecule has 1 aromatic heterocycles. The summed E-state index contributed by atoms with van der Waals surface area (Å²) in [5.74, 6) is -0.721. The number of pyridine rings is 1. The van der Waals surface area contributed by atoms with E-state index in [9.17, 15) is 4.79 Å². The molecule has 116 valence electrons. The molecule has 1 aromatic carbocycles. The third-order valence-electron chi connectivity index (χ3n) is 3.65. The van der Waals surface area contributed by atoms with E-state index in [4.69, 9.17) is 17.3 Å². The topological polar surface area (TPSA) is 56.0 Å². The molecule has 2 rings (SSSR count). The highest BCUT2D eigenvalue weighted by Crippen LogP contribution is 2.24. The molecule has 1 atom stereocenters. The monoisotopic (exact) mass is 316 g/mol. The summed E-state index contributed by atoms with van der Waals surface area (Å²) in [5.41, 5.74) is 8.46. The molecule has 2 aromatic rings. The van der Waals surface area contributed by atoms with Crippen LogP contribution in [0.3, 0.4) is 0 Å². The quantitative estimate of drug-likeness (QED) is 0.931. The van der Waals surface area contributed by atoms with Gasteiger partial charge in [-0.1, -0.05) is 50.6 Å². The van der Waals surface area contributed by atoms with Crippen molar-refractivity contribution in [3.8, 4) is 0 Å². The summed E-state index contributed by atoms with van der Waals surface area (Å²) in [6.07, 6.45) is 2.36. The van der Waals surface area contributed by atoms with E-state index in [1.165, 1.54) is 0 Å². The van der Waals surface area contributed by atoms with Gasteiger partial charge in [-0.2, -0.15) is 0 Å². The number of nitrogens with zero attached hydrogens (tertiary/aromatic N) is 1. The fraction of sp³-hybridized carbons (Fsp3) is 0.333. The summed E-state index contributed by atoms with van der Waals surface area (Å²) in [6.45, 7) is 6.36. The van der Waals surface area contributed by atoms with Crippen LogP contribution in [-0.2, 0) is 16.6 Å². The maximum atomic E-state index is 11.8. The van der Waals surface area contributed by atoms with Crippen molar-refractivity contribution in [2.24, 2.45) is 5.73 Å². The van der Waals surface area contributed by atoms with Crippen LogP contribution in [0.15, 0.2) is 42.6 Å². The van der Waals surface area contributed by atoms with Crippen molar-refractivity contribution in [1.29, 1.82) is 0 Å². The Morgan fingerprint density at radius 2 is 1.82 bits per heavy atom. The Morgan fingerprint density at radius 1 is 1.18 bits per heavy atom. The first-order valence-corrected chi connectivity index (χ1v) is 7.65. The minimum absolute atomic E-state index is 0.0117. The number of aromatic nitrogens is 1. The molecular weight excluding hydrogens is 296 g/mol. The first-order chi connectivity index (χ1) is 10.3. The number of primary amides is 1. The molecule has 0 radical (unpaired) electrons. The van der Waals surface area contributed by atoms with Gasteiger partial charge in [0.25, 0.3) is 0 Å². The molecule has 1 heterocycles. The number of nitrogens with two attached hydrogens (primary N) is 1. The van der Waals surface area contributed by atoms with Crippen molar-refractivity contribution in [3.05, 3.63) is 64.4 Å². The van der Waals surface area contributed by atoms with Gasteiger partial charge in [0.2, 0.25) is 5.91 Å². The molecule has 3 nitrogen and oxygen atoms in total. The molecule has 1 unspecified atom stereocenters. The van der Waals surface area contributed by atoms with Crippen LogP contribution in [0.25, 0.3) is 0 Å². The van der Waals surface area contributed by atoms with Crippen LogP contribution < -0.4 is 5.73 Å². The molecule has 0 aliphatic rings. The molecule has 0 bridgehead atoms. The van der Waals surface area contributed by atoms with Gasteiger partial charge in [-0.25, -0.2) is 0 Å². The van der Waals surface area contributed by atoms with E-state index in [-0.39, 0.29) is 17.2 Å². The first-order valence-electron chi connectivity index (χ1n) is 7.27. The van der Waals surface area contributed by atoms with Gasteiger partial charge >= 0.3 is 0 Å². The average Bonchev–Trinajstić information content (AvgIpc) is 2.45. The van der Waals surface area contributed by atoms with Gasteiger partial charge in [-0.15, -0.1) is 0 Å². The number of benzene rings is 1. The highest BCUT2D eigenvalue weighted by molar-refractivity contribution is 6.30. The SMILES string of the molecule is CC(C)(C)c1ccc(CC(C(N)=O)c2ccc(Cl)cc2)cn1.